The summed E-state index contributed by atoms with van der Waals surface area (Å²) in [5.41, 5.74) is 9.78. The highest BCUT2D eigenvalue weighted by molar-refractivity contribution is 6.10. The van der Waals surface area contributed by atoms with Crippen LogP contribution in [-0.2, 0) is 11.2 Å². The number of aromatic nitrogens is 5. The average Bonchev–Trinajstić information content (AvgIpc) is 3.51. The molecule has 0 bridgehead atoms. The summed E-state index contributed by atoms with van der Waals surface area (Å²) in [6, 6.07) is 5.68. The van der Waals surface area contributed by atoms with Crippen molar-refractivity contribution in [2.24, 2.45) is 0 Å². The van der Waals surface area contributed by atoms with Gasteiger partial charge in [-0.2, -0.15) is 13.2 Å². The highest BCUT2D eigenvalue weighted by atomic mass is 19.4. The van der Waals surface area contributed by atoms with Crippen LogP contribution >= 0.6 is 0 Å². The van der Waals surface area contributed by atoms with Crippen molar-refractivity contribution < 1.29 is 32.4 Å². The molecule has 0 spiro atoms. The van der Waals surface area contributed by atoms with Gasteiger partial charge in [0.1, 0.15) is 23.7 Å². The van der Waals surface area contributed by atoms with E-state index < -0.39 is 12.1 Å². The number of Topliss-reactive ketones (excluding diaryl/α,β-unsaturated/α-hetero) is 1. The van der Waals surface area contributed by atoms with Gasteiger partial charge < -0.3 is 15.4 Å². The Morgan fingerprint density at radius 2 is 1.89 bits per heavy atom. The van der Waals surface area contributed by atoms with E-state index in [-0.39, 0.29) is 5.78 Å². The summed E-state index contributed by atoms with van der Waals surface area (Å²) in [5.74, 6) is -0.625. The predicted molar refractivity (Wildman–Crippen MR) is 115 cm³/mol. The van der Waals surface area contributed by atoms with Crippen LogP contribution in [0, 0.1) is 0 Å². The molecule has 3 N–H and O–H groups in total. The molecule has 180 valence electrons. The number of fused-ring (bicyclic) bond motifs is 5. The SMILES string of the molecule is Nc1ncnc2c1c1c(n2-c2ccccn2)CCC(=O)c2c-1noc2C1CC1.O=C(O)C(F)(F)F. The zero-order chi connectivity index (χ0) is 24.9. The van der Waals surface area contributed by atoms with Gasteiger partial charge >= 0.3 is 12.1 Å². The van der Waals surface area contributed by atoms with Gasteiger partial charge in [0.05, 0.1) is 10.9 Å². The number of carbonyl (C=O) groups excluding carboxylic acids is 1. The summed E-state index contributed by atoms with van der Waals surface area (Å²) in [6.07, 6.45) is 1.07. The van der Waals surface area contributed by atoms with Gasteiger partial charge in [-0.05, 0) is 31.4 Å². The summed E-state index contributed by atoms with van der Waals surface area (Å²) in [6.45, 7) is 0. The quantitative estimate of drug-likeness (QED) is 0.432. The van der Waals surface area contributed by atoms with Crippen molar-refractivity contribution in [1.29, 1.82) is 0 Å². The molecule has 35 heavy (non-hydrogen) atoms. The van der Waals surface area contributed by atoms with E-state index in [1.807, 2.05) is 22.8 Å². The van der Waals surface area contributed by atoms with Crippen LogP contribution in [-0.4, -0.2) is 47.7 Å². The molecule has 0 saturated heterocycles. The van der Waals surface area contributed by atoms with E-state index in [9.17, 15) is 18.0 Å². The van der Waals surface area contributed by atoms with Crippen LogP contribution in [0.4, 0.5) is 19.0 Å². The third-order valence-corrected chi connectivity index (χ3v) is 5.77. The molecule has 0 aliphatic heterocycles. The molecule has 0 unspecified atom stereocenters. The number of hydrogen-bond donors (Lipinski definition) is 2. The molecular weight excluding hydrogens is 469 g/mol. The minimum absolute atomic E-state index is 0.0606. The van der Waals surface area contributed by atoms with E-state index in [1.165, 1.54) is 6.33 Å². The third kappa shape index (κ3) is 3.88. The first-order valence-corrected chi connectivity index (χ1v) is 10.6. The maximum Gasteiger partial charge on any atom is 0.490 e. The Hall–Kier alpha value is -4.29. The summed E-state index contributed by atoms with van der Waals surface area (Å²) >= 11 is 0. The van der Waals surface area contributed by atoms with Gasteiger partial charge in [0.25, 0.3) is 0 Å². The highest BCUT2D eigenvalue weighted by Crippen LogP contribution is 2.48. The van der Waals surface area contributed by atoms with Gasteiger partial charge in [0.15, 0.2) is 17.2 Å². The first kappa shape index (κ1) is 22.5. The Labute approximate surface area is 194 Å². The Kier molecular flexibility index (Phi) is 5.26. The van der Waals surface area contributed by atoms with Crippen molar-refractivity contribution in [3.05, 3.63) is 47.7 Å². The number of carboxylic acids is 1. The molecule has 4 aromatic rings. The first-order chi connectivity index (χ1) is 16.7. The monoisotopic (exact) mass is 486 g/mol. The van der Waals surface area contributed by atoms with Crippen molar-refractivity contribution in [2.75, 3.05) is 5.73 Å². The number of nitrogens with zero attached hydrogens (tertiary/aromatic N) is 5. The van der Waals surface area contributed by atoms with Crippen LogP contribution in [0.5, 0.6) is 0 Å². The number of nitrogens with two attached hydrogens (primary N) is 1. The predicted octanol–water partition coefficient (Wildman–Crippen LogP) is 3.69. The molecular formula is C22H17F3N6O4. The number of nitrogen functional groups attached to an aromatic ring is 1. The van der Waals surface area contributed by atoms with Gasteiger partial charge in [0.2, 0.25) is 0 Å². The molecule has 1 fully saturated rings. The summed E-state index contributed by atoms with van der Waals surface area (Å²) < 4.78 is 39.3. The van der Waals surface area contributed by atoms with Crippen LogP contribution < -0.4 is 5.73 Å². The normalized spacial score (nSPS) is 15.1. The van der Waals surface area contributed by atoms with Gasteiger partial charge in [-0.25, -0.2) is 19.7 Å². The van der Waals surface area contributed by atoms with Gasteiger partial charge in [-0.3, -0.25) is 9.36 Å². The number of hydrogen-bond acceptors (Lipinski definition) is 8. The smallest absolute Gasteiger partial charge is 0.475 e. The van der Waals surface area contributed by atoms with Crippen molar-refractivity contribution >= 4 is 28.6 Å². The number of carboxylic acid groups (broad SMARTS) is 1. The number of halogens is 3. The third-order valence-electron chi connectivity index (χ3n) is 5.77. The minimum Gasteiger partial charge on any atom is -0.475 e. The first-order valence-electron chi connectivity index (χ1n) is 10.6. The second-order valence-corrected chi connectivity index (χ2v) is 8.07. The molecule has 1 saturated carbocycles. The molecule has 0 radical (unpaired) electrons. The molecule has 13 heteroatoms. The lowest BCUT2D eigenvalue weighted by molar-refractivity contribution is -0.192. The fourth-order valence-electron chi connectivity index (χ4n) is 4.13. The van der Waals surface area contributed by atoms with Gasteiger partial charge in [0, 0.05) is 29.8 Å². The standard InChI is InChI=1S/C20H16N6O2.C2HF3O2/c21-19-16-14-11(26(20(16)24-9-23-19)13-3-1-2-8-22-13)6-7-12(27)15-17(14)25-28-18(15)10-4-5-10;3-2(4,5)1(6)7/h1-3,8-10H,4-7H2,(H2,21,23,24);(H,6,7). The lowest BCUT2D eigenvalue weighted by Gasteiger charge is -2.08. The molecule has 10 nitrogen and oxygen atoms in total. The van der Waals surface area contributed by atoms with Crippen LogP contribution in [0.2, 0.25) is 0 Å². The Morgan fingerprint density at radius 3 is 2.51 bits per heavy atom. The summed E-state index contributed by atoms with van der Waals surface area (Å²) in [5, 5.41) is 12.1. The number of anilines is 1. The molecule has 4 heterocycles. The molecule has 0 amide bonds. The lowest BCUT2D eigenvalue weighted by Crippen LogP contribution is -2.21. The zero-order valence-electron chi connectivity index (χ0n) is 17.9. The number of aliphatic carboxylic acids is 1. The number of carbonyl (C=O) groups is 2. The Morgan fingerprint density at radius 1 is 1.14 bits per heavy atom. The fourth-order valence-corrected chi connectivity index (χ4v) is 4.13. The molecule has 6 rings (SSSR count). The van der Waals surface area contributed by atoms with Crippen LogP contribution in [0.3, 0.4) is 0 Å². The van der Waals surface area contributed by atoms with E-state index in [4.69, 9.17) is 20.2 Å². The largest absolute Gasteiger partial charge is 0.490 e. The molecule has 2 aliphatic carbocycles. The highest BCUT2D eigenvalue weighted by Gasteiger charge is 2.39. The molecule has 4 aromatic heterocycles. The number of alkyl halides is 3. The maximum atomic E-state index is 13.0. The summed E-state index contributed by atoms with van der Waals surface area (Å²) in [7, 11) is 0. The number of pyridine rings is 1. The minimum atomic E-state index is -5.08. The van der Waals surface area contributed by atoms with E-state index in [0.29, 0.717) is 58.4 Å². The van der Waals surface area contributed by atoms with Crippen LogP contribution in [0.1, 0.15) is 47.0 Å². The second kappa shape index (κ2) is 8.18. The van der Waals surface area contributed by atoms with E-state index in [2.05, 4.69) is 20.1 Å². The number of ketones is 1. The lowest BCUT2D eigenvalue weighted by atomic mass is 10.0. The maximum absolute atomic E-state index is 13.0. The van der Waals surface area contributed by atoms with E-state index in [1.54, 1.807) is 6.20 Å². The number of rotatable bonds is 2. The fraction of sp³-hybridized carbons (Fsp3) is 0.273. The molecule has 0 atom stereocenters. The van der Waals surface area contributed by atoms with Gasteiger partial charge in [-0.1, -0.05) is 11.2 Å². The topological polar surface area (TPSA) is 150 Å². The van der Waals surface area contributed by atoms with Crippen LogP contribution in [0.25, 0.3) is 28.1 Å². The van der Waals surface area contributed by atoms with E-state index in [0.717, 1.165) is 24.1 Å². The van der Waals surface area contributed by atoms with Crippen molar-refractivity contribution in [1.82, 2.24) is 24.7 Å². The van der Waals surface area contributed by atoms with Crippen molar-refractivity contribution in [3.63, 3.8) is 0 Å². The van der Waals surface area contributed by atoms with Crippen molar-refractivity contribution in [2.45, 2.75) is 37.8 Å². The second-order valence-electron chi connectivity index (χ2n) is 8.07. The van der Waals surface area contributed by atoms with Crippen LogP contribution in [0.15, 0.2) is 35.2 Å². The average molecular weight is 486 g/mol. The Bertz CT molecular complexity index is 1460. The van der Waals surface area contributed by atoms with Crippen molar-refractivity contribution in [3.8, 4) is 17.1 Å². The summed E-state index contributed by atoms with van der Waals surface area (Å²) in [4.78, 5) is 35.0. The Balaban J connectivity index is 0.000000320. The molecule has 0 aromatic carbocycles. The van der Waals surface area contributed by atoms with Gasteiger partial charge in [-0.15, -0.1) is 0 Å². The molecule has 2 aliphatic rings. The van der Waals surface area contributed by atoms with E-state index >= 15 is 0 Å². The zero-order valence-corrected chi connectivity index (χ0v) is 17.9.